The molecule has 0 aliphatic rings. The Hall–Kier alpha value is -3.97. The van der Waals surface area contributed by atoms with Crippen molar-refractivity contribution >= 4 is 66.2 Å². The first kappa shape index (κ1) is 32.0. The first-order valence-corrected chi connectivity index (χ1v) is 16.6. The zero-order valence-electron chi connectivity index (χ0n) is 23.2. The van der Waals surface area contributed by atoms with Crippen molar-refractivity contribution in [3.63, 3.8) is 0 Å². The molecular weight excluding hydrogens is 637 g/mol. The Morgan fingerprint density at radius 1 is 0.837 bits per heavy atom. The molecule has 2 N–H and O–H groups in total. The van der Waals surface area contributed by atoms with Crippen LogP contribution in [0.5, 0.6) is 11.5 Å². The highest BCUT2D eigenvalue weighted by atomic mass is 35.5. The Bertz CT molecular complexity index is 1830. The number of nitrogens with zero attached hydrogens (tertiary/aromatic N) is 1. The van der Waals surface area contributed by atoms with E-state index >= 15 is 0 Å². The van der Waals surface area contributed by atoms with Crippen molar-refractivity contribution < 1.29 is 31.1 Å². The molecule has 0 aliphatic carbocycles. The summed E-state index contributed by atoms with van der Waals surface area (Å²) < 4.78 is 65.0. The van der Waals surface area contributed by atoms with Crippen molar-refractivity contribution in [2.45, 2.75) is 11.4 Å². The fourth-order valence-corrected chi connectivity index (χ4v) is 6.47. The van der Waals surface area contributed by atoms with Crippen LogP contribution in [0, 0.1) is 0 Å². The van der Waals surface area contributed by atoms with Gasteiger partial charge in [0.2, 0.25) is 10.0 Å². The van der Waals surface area contributed by atoms with Crippen molar-refractivity contribution in [3.05, 3.63) is 106 Å². The first-order valence-electron chi connectivity index (χ1n) is 12.5. The van der Waals surface area contributed by atoms with Gasteiger partial charge in [-0.3, -0.25) is 13.8 Å². The number of nitrogens with one attached hydrogen (secondary N) is 2. The van der Waals surface area contributed by atoms with Gasteiger partial charge >= 0.3 is 0 Å². The lowest BCUT2D eigenvalue weighted by Crippen LogP contribution is -2.29. The third-order valence-corrected chi connectivity index (χ3v) is 9.49. The Labute approximate surface area is 260 Å². The average Bonchev–Trinajstić information content (AvgIpc) is 2.97. The zero-order chi connectivity index (χ0) is 31.4. The zero-order valence-corrected chi connectivity index (χ0v) is 26.3. The van der Waals surface area contributed by atoms with Crippen LogP contribution in [0.4, 0.5) is 17.1 Å². The maximum Gasteiger partial charge on any atom is 0.262 e. The largest absolute Gasteiger partial charge is 0.497 e. The number of anilines is 3. The SMILES string of the molecule is COc1ccc(NS(=O)(=O)c2ccc(NC(=O)c3ccc(N(Cc4c(Cl)cccc4Cl)S(C)(=O)=O)cc3)cc2)c(OC)c1. The number of halogens is 2. The molecule has 0 radical (unpaired) electrons. The number of amides is 1. The molecule has 0 spiro atoms. The number of benzene rings is 4. The van der Waals surface area contributed by atoms with Crippen molar-refractivity contribution in [1.82, 2.24) is 0 Å². The number of methoxy groups -OCH3 is 2. The molecule has 14 heteroatoms. The second-order valence-corrected chi connectivity index (χ2v) is 13.6. The highest BCUT2D eigenvalue weighted by Gasteiger charge is 2.22. The lowest BCUT2D eigenvalue weighted by atomic mass is 10.1. The van der Waals surface area contributed by atoms with Gasteiger partial charge < -0.3 is 14.8 Å². The maximum atomic E-state index is 12.9. The lowest BCUT2D eigenvalue weighted by molar-refractivity contribution is 0.102. The van der Waals surface area contributed by atoms with Gasteiger partial charge in [0.1, 0.15) is 11.5 Å². The van der Waals surface area contributed by atoms with Crippen LogP contribution in [-0.4, -0.2) is 43.2 Å². The molecule has 0 heterocycles. The second kappa shape index (κ2) is 13.1. The van der Waals surface area contributed by atoms with E-state index in [0.717, 1.165) is 10.6 Å². The van der Waals surface area contributed by atoms with Gasteiger partial charge in [-0.25, -0.2) is 16.8 Å². The molecule has 4 rings (SSSR count). The Morgan fingerprint density at radius 2 is 1.47 bits per heavy atom. The van der Waals surface area contributed by atoms with Gasteiger partial charge in [0, 0.05) is 32.9 Å². The molecule has 0 atom stereocenters. The van der Waals surface area contributed by atoms with Crippen molar-refractivity contribution in [3.8, 4) is 11.5 Å². The number of carbonyl (C=O) groups is 1. The van der Waals surface area contributed by atoms with Gasteiger partial charge in [0.05, 0.1) is 43.3 Å². The topological polar surface area (TPSA) is 131 Å². The van der Waals surface area contributed by atoms with E-state index in [4.69, 9.17) is 32.7 Å². The minimum Gasteiger partial charge on any atom is -0.497 e. The maximum absolute atomic E-state index is 12.9. The summed E-state index contributed by atoms with van der Waals surface area (Å²) >= 11 is 12.5. The molecule has 43 heavy (non-hydrogen) atoms. The predicted octanol–water partition coefficient (Wildman–Crippen LogP) is 6.03. The van der Waals surface area contributed by atoms with Crippen LogP contribution in [0.15, 0.2) is 89.8 Å². The Balaban J connectivity index is 1.47. The number of ether oxygens (including phenoxy) is 2. The summed E-state index contributed by atoms with van der Waals surface area (Å²) in [7, 11) is -4.80. The van der Waals surface area contributed by atoms with Crippen molar-refractivity contribution in [2.75, 3.05) is 34.8 Å². The second-order valence-electron chi connectivity index (χ2n) is 9.17. The van der Waals surface area contributed by atoms with Crippen molar-refractivity contribution in [1.29, 1.82) is 0 Å². The lowest BCUT2D eigenvalue weighted by Gasteiger charge is -2.23. The number of hydrogen-bond donors (Lipinski definition) is 2. The van der Waals surface area contributed by atoms with Crippen LogP contribution >= 0.6 is 23.2 Å². The van der Waals surface area contributed by atoms with Gasteiger partial charge in [-0.15, -0.1) is 0 Å². The summed E-state index contributed by atoms with van der Waals surface area (Å²) in [5.41, 5.74) is 1.58. The molecule has 0 saturated heterocycles. The molecule has 0 aliphatic heterocycles. The minimum absolute atomic E-state index is 0.0350. The van der Waals surface area contributed by atoms with Gasteiger partial charge in [-0.2, -0.15) is 0 Å². The molecule has 4 aromatic carbocycles. The number of carbonyl (C=O) groups excluding carboxylic acids is 1. The van der Waals surface area contributed by atoms with Gasteiger partial charge in [-0.05, 0) is 72.8 Å². The van der Waals surface area contributed by atoms with E-state index in [-0.39, 0.29) is 28.4 Å². The molecule has 0 fully saturated rings. The van der Waals surface area contributed by atoms with Crippen LogP contribution in [0.25, 0.3) is 0 Å². The number of rotatable bonds is 11. The molecule has 10 nitrogen and oxygen atoms in total. The normalized spacial score (nSPS) is 11.5. The van der Waals surface area contributed by atoms with Gasteiger partial charge in [0.15, 0.2) is 0 Å². The van der Waals surface area contributed by atoms with Crippen LogP contribution in [0.3, 0.4) is 0 Å². The van der Waals surface area contributed by atoms with E-state index in [1.165, 1.54) is 68.8 Å². The monoisotopic (exact) mass is 663 g/mol. The summed E-state index contributed by atoms with van der Waals surface area (Å²) in [6.45, 7) is -0.0990. The van der Waals surface area contributed by atoms with E-state index in [2.05, 4.69) is 10.0 Å². The van der Waals surface area contributed by atoms with Crippen LogP contribution < -0.4 is 23.8 Å². The molecule has 226 valence electrons. The fourth-order valence-electron chi connectivity index (χ4n) is 4.01. The molecule has 1 amide bonds. The first-order chi connectivity index (χ1) is 20.3. The highest BCUT2D eigenvalue weighted by Crippen LogP contribution is 2.32. The van der Waals surface area contributed by atoms with E-state index in [1.807, 2.05) is 0 Å². The van der Waals surface area contributed by atoms with Crippen LogP contribution in [0.1, 0.15) is 15.9 Å². The van der Waals surface area contributed by atoms with Gasteiger partial charge in [0.25, 0.3) is 15.9 Å². The highest BCUT2D eigenvalue weighted by molar-refractivity contribution is 7.92. The van der Waals surface area contributed by atoms with E-state index < -0.39 is 26.0 Å². The molecule has 4 aromatic rings. The summed E-state index contributed by atoms with van der Waals surface area (Å²) in [4.78, 5) is 12.9. The standard InChI is InChI=1S/C29H27Cl2N3O7S2/c1-40-22-13-16-27(28(17-22)41-2)33-43(38,39)23-14-9-20(10-15-23)32-29(35)19-7-11-21(12-8-19)34(42(3,36)37)18-24-25(30)5-4-6-26(24)31/h4-17,33H,18H2,1-3H3,(H,32,35). The van der Waals surface area contributed by atoms with Gasteiger partial charge in [-0.1, -0.05) is 29.3 Å². The third-order valence-electron chi connectivity index (χ3n) is 6.26. The number of sulfonamides is 2. The van der Waals surface area contributed by atoms with E-state index in [9.17, 15) is 21.6 Å². The fraction of sp³-hybridized carbons (Fsp3) is 0.138. The molecule has 0 aromatic heterocycles. The summed E-state index contributed by atoms with van der Waals surface area (Å²) in [5.74, 6) is 0.303. The summed E-state index contributed by atoms with van der Waals surface area (Å²) in [6.07, 6.45) is 1.06. The minimum atomic E-state index is -3.97. The molecule has 0 bridgehead atoms. The average molecular weight is 665 g/mol. The van der Waals surface area contributed by atoms with E-state index in [1.54, 1.807) is 30.3 Å². The molecule has 0 unspecified atom stereocenters. The predicted molar refractivity (Wildman–Crippen MR) is 169 cm³/mol. The third kappa shape index (κ3) is 7.71. The quantitative estimate of drug-likeness (QED) is 0.200. The van der Waals surface area contributed by atoms with Crippen LogP contribution in [0.2, 0.25) is 10.0 Å². The Kier molecular flexibility index (Phi) is 9.75. The van der Waals surface area contributed by atoms with Crippen molar-refractivity contribution in [2.24, 2.45) is 0 Å². The summed E-state index contributed by atoms with van der Waals surface area (Å²) in [5, 5.41) is 3.35. The smallest absolute Gasteiger partial charge is 0.262 e. The Morgan fingerprint density at radius 3 is 2.02 bits per heavy atom. The molecule has 0 saturated carbocycles. The summed E-state index contributed by atoms with van der Waals surface area (Å²) in [6, 6.07) is 21.1. The number of hydrogen-bond acceptors (Lipinski definition) is 7. The molecular formula is C29H27Cl2N3O7S2. The van der Waals surface area contributed by atoms with Crippen LogP contribution in [-0.2, 0) is 26.6 Å². The van der Waals surface area contributed by atoms with E-state index in [0.29, 0.717) is 32.7 Å².